The number of nitrogens with zero attached hydrogens (tertiary/aromatic N) is 3. The van der Waals surface area contributed by atoms with Gasteiger partial charge in [-0.3, -0.25) is 18.7 Å². The van der Waals surface area contributed by atoms with Gasteiger partial charge in [-0.05, 0) is 31.9 Å². The third kappa shape index (κ3) is 2.97. The fourth-order valence-electron chi connectivity index (χ4n) is 3.40. The van der Waals surface area contributed by atoms with Crippen molar-refractivity contribution in [1.29, 1.82) is 0 Å². The van der Waals surface area contributed by atoms with E-state index in [9.17, 15) is 14.4 Å². The summed E-state index contributed by atoms with van der Waals surface area (Å²) in [5.74, 6) is -1.17. The van der Waals surface area contributed by atoms with Crippen LogP contribution >= 0.6 is 0 Å². The highest BCUT2D eigenvalue weighted by Gasteiger charge is 2.28. The van der Waals surface area contributed by atoms with E-state index in [2.05, 4.69) is 0 Å². The Morgan fingerprint density at radius 1 is 1.12 bits per heavy atom. The van der Waals surface area contributed by atoms with Gasteiger partial charge in [-0.2, -0.15) is 0 Å². The van der Waals surface area contributed by atoms with Gasteiger partial charge < -0.3 is 10.0 Å². The lowest BCUT2D eigenvalue weighted by molar-refractivity contribution is -0.142. The number of hydrogen-bond donors (Lipinski definition) is 1. The number of para-hydroxylation sites is 1. The molecular weight excluding hydrogens is 322 g/mol. The lowest BCUT2D eigenvalue weighted by atomic mass is 9.97. The highest BCUT2D eigenvalue weighted by atomic mass is 16.4. The van der Waals surface area contributed by atoms with Gasteiger partial charge in [0.05, 0.1) is 17.3 Å². The number of benzene rings is 1. The van der Waals surface area contributed by atoms with Crippen LogP contribution in [0.15, 0.2) is 39.9 Å². The molecule has 0 amide bonds. The smallest absolute Gasteiger partial charge is 0.335 e. The predicted octanol–water partition coefficient (Wildman–Crippen LogP) is 1.15. The maximum atomic E-state index is 12.7. The van der Waals surface area contributed by atoms with Gasteiger partial charge in [0.2, 0.25) is 0 Å². The van der Waals surface area contributed by atoms with Crippen LogP contribution in [0.4, 0.5) is 5.69 Å². The molecule has 0 atom stereocenters. The number of hydrogen-bond acceptors (Lipinski definition) is 4. The molecule has 7 heteroatoms. The van der Waals surface area contributed by atoms with E-state index >= 15 is 0 Å². The highest BCUT2D eigenvalue weighted by molar-refractivity contribution is 5.70. The Labute approximate surface area is 144 Å². The van der Waals surface area contributed by atoms with E-state index in [0.717, 1.165) is 4.57 Å². The summed E-state index contributed by atoms with van der Waals surface area (Å²) in [4.78, 5) is 38.4. The fourth-order valence-corrected chi connectivity index (χ4v) is 3.40. The molecule has 1 aliphatic heterocycles. The minimum Gasteiger partial charge on any atom is -0.481 e. The van der Waals surface area contributed by atoms with Crippen LogP contribution in [0.3, 0.4) is 0 Å². The molecule has 2 heterocycles. The first-order valence-electron chi connectivity index (χ1n) is 8.27. The Morgan fingerprint density at radius 3 is 2.28 bits per heavy atom. The average Bonchev–Trinajstić information content (AvgIpc) is 2.61. The van der Waals surface area contributed by atoms with Gasteiger partial charge in [-0.25, -0.2) is 4.79 Å². The second-order valence-corrected chi connectivity index (χ2v) is 6.35. The van der Waals surface area contributed by atoms with Gasteiger partial charge in [0.15, 0.2) is 0 Å². The molecule has 25 heavy (non-hydrogen) atoms. The second kappa shape index (κ2) is 6.58. The molecule has 1 saturated heterocycles. The lowest BCUT2D eigenvalue weighted by Crippen LogP contribution is -2.45. The van der Waals surface area contributed by atoms with E-state index in [0.29, 0.717) is 43.0 Å². The molecule has 0 spiro atoms. The molecule has 0 unspecified atom stereocenters. The third-order valence-electron chi connectivity index (χ3n) is 4.84. The van der Waals surface area contributed by atoms with Crippen molar-refractivity contribution in [3.05, 3.63) is 56.9 Å². The Bertz CT molecular complexity index is 906. The zero-order valence-electron chi connectivity index (χ0n) is 14.3. The quantitative estimate of drug-likeness (QED) is 0.904. The number of carboxylic acids is 1. The minimum absolute atomic E-state index is 0.344. The molecule has 0 radical (unpaired) electrons. The Kier molecular flexibility index (Phi) is 4.48. The summed E-state index contributed by atoms with van der Waals surface area (Å²) in [5, 5.41) is 9.15. The van der Waals surface area contributed by atoms with Crippen molar-refractivity contribution in [1.82, 2.24) is 9.13 Å². The van der Waals surface area contributed by atoms with Gasteiger partial charge in [0, 0.05) is 20.1 Å². The first-order valence-corrected chi connectivity index (χ1v) is 8.27. The van der Waals surface area contributed by atoms with Crippen LogP contribution in [0.1, 0.15) is 18.5 Å². The summed E-state index contributed by atoms with van der Waals surface area (Å²) in [5.41, 5.74) is 1.01. The molecule has 2 aromatic rings. The summed E-state index contributed by atoms with van der Waals surface area (Å²) in [6.07, 6.45) is 0.977. The van der Waals surface area contributed by atoms with Crippen molar-refractivity contribution in [2.24, 2.45) is 13.0 Å². The van der Waals surface area contributed by atoms with Crippen molar-refractivity contribution >= 4 is 11.7 Å². The number of piperidine rings is 1. The number of anilines is 1. The second-order valence-electron chi connectivity index (χ2n) is 6.35. The number of aliphatic carboxylic acids is 1. The van der Waals surface area contributed by atoms with Gasteiger partial charge >= 0.3 is 11.7 Å². The van der Waals surface area contributed by atoms with E-state index in [1.54, 1.807) is 6.92 Å². The molecule has 0 bridgehead atoms. The Balaban J connectivity index is 2.10. The topological polar surface area (TPSA) is 84.5 Å². The molecule has 132 valence electrons. The molecule has 3 rings (SSSR count). The maximum absolute atomic E-state index is 12.7. The van der Waals surface area contributed by atoms with E-state index in [1.165, 1.54) is 11.6 Å². The summed E-state index contributed by atoms with van der Waals surface area (Å²) in [6.45, 7) is 2.73. The molecule has 0 aliphatic carbocycles. The van der Waals surface area contributed by atoms with E-state index in [4.69, 9.17) is 5.11 Å². The van der Waals surface area contributed by atoms with E-state index < -0.39 is 11.7 Å². The summed E-state index contributed by atoms with van der Waals surface area (Å²) < 4.78 is 2.64. The Morgan fingerprint density at radius 2 is 1.72 bits per heavy atom. The first-order chi connectivity index (χ1) is 11.9. The van der Waals surface area contributed by atoms with Gasteiger partial charge in [-0.1, -0.05) is 18.2 Å². The summed E-state index contributed by atoms with van der Waals surface area (Å²) in [6, 6.07) is 9.18. The van der Waals surface area contributed by atoms with Crippen molar-refractivity contribution in [3.8, 4) is 5.69 Å². The van der Waals surface area contributed by atoms with Gasteiger partial charge in [-0.15, -0.1) is 0 Å². The van der Waals surface area contributed by atoms with E-state index in [1.807, 2.05) is 35.2 Å². The van der Waals surface area contributed by atoms with Crippen molar-refractivity contribution in [3.63, 3.8) is 0 Å². The summed E-state index contributed by atoms with van der Waals surface area (Å²) in [7, 11) is 1.47. The maximum Gasteiger partial charge on any atom is 0.335 e. The number of rotatable bonds is 3. The molecule has 0 saturated carbocycles. The van der Waals surface area contributed by atoms with Gasteiger partial charge in [0.1, 0.15) is 5.69 Å². The SMILES string of the molecule is Cc1c(N2CCC(C(=O)O)CC2)c(=O)n(C)c(=O)n1-c1ccccc1. The van der Waals surface area contributed by atoms with Crippen LogP contribution in [0.5, 0.6) is 0 Å². The number of aromatic nitrogens is 2. The van der Waals surface area contributed by atoms with Crippen LogP contribution in [0, 0.1) is 12.8 Å². The molecule has 1 aromatic heterocycles. The zero-order valence-corrected chi connectivity index (χ0v) is 14.3. The molecule has 1 aromatic carbocycles. The highest BCUT2D eigenvalue weighted by Crippen LogP contribution is 2.24. The van der Waals surface area contributed by atoms with Crippen LogP contribution in [0.2, 0.25) is 0 Å². The average molecular weight is 343 g/mol. The molecule has 1 N–H and O–H groups in total. The number of carboxylic acid groups (broad SMARTS) is 1. The summed E-state index contributed by atoms with van der Waals surface area (Å²) >= 11 is 0. The zero-order chi connectivity index (χ0) is 18.1. The number of carbonyl (C=O) groups is 1. The lowest BCUT2D eigenvalue weighted by Gasteiger charge is -2.33. The largest absolute Gasteiger partial charge is 0.481 e. The normalized spacial score (nSPS) is 15.4. The molecule has 1 fully saturated rings. The van der Waals surface area contributed by atoms with Crippen molar-refractivity contribution in [2.75, 3.05) is 18.0 Å². The first kappa shape index (κ1) is 17.0. The Hall–Kier alpha value is -2.83. The van der Waals surface area contributed by atoms with Crippen LogP contribution in [-0.4, -0.2) is 33.3 Å². The fraction of sp³-hybridized carbons (Fsp3) is 0.389. The minimum atomic E-state index is -0.793. The van der Waals surface area contributed by atoms with Crippen LogP contribution < -0.4 is 16.1 Å². The molecular formula is C18H21N3O4. The molecule has 7 nitrogen and oxygen atoms in total. The molecule has 1 aliphatic rings. The van der Waals surface area contributed by atoms with Crippen molar-refractivity contribution in [2.45, 2.75) is 19.8 Å². The van der Waals surface area contributed by atoms with E-state index in [-0.39, 0.29) is 11.5 Å². The standard InChI is InChI=1S/C18H21N3O4/c1-12-15(20-10-8-13(9-11-20)17(23)24)16(22)19(2)18(25)21(12)14-6-4-3-5-7-14/h3-7,13H,8-11H2,1-2H3,(H,23,24). The third-order valence-corrected chi connectivity index (χ3v) is 4.84. The van der Waals surface area contributed by atoms with Crippen molar-refractivity contribution < 1.29 is 9.90 Å². The monoisotopic (exact) mass is 343 g/mol. The van der Waals surface area contributed by atoms with Gasteiger partial charge in [0.25, 0.3) is 5.56 Å². The van der Waals surface area contributed by atoms with Crippen LogP contribution in [-0.2, 0) is 11.8 Å². The predicted molar refractivity (Wildman–Crippen MR) is 94.6 cm³/mol. The van der Waals surface area contributed by atoms with Crippen LogP contribution in [0.25, 0.3) is 5.69 Å².